The number of nitrogens with one attached hydrogen (secondary N) is 3. The largest absolute Gasteiger partial charge is 0.382 e. The maximum atomic E-state index is 13.5. The van der Waals surface area contributed by atoms with Gasteiger partial charge in [0, 0.05) is 58.6 Å². The molecule has 1 atom stereocenters. The Bertz CT molecular complexity index is 1370. The molecule has 1 saturated carbocycles. The molecule has 1 aromatic carbocycles. The highest BCUT2D eigenvalue weighted by molar-refractivity contribution is 5.98. The first-order valence-electron chi connectivity index (χ1n) is 14.0. The van der Waals surface area contributed by atoms with Crippen molar-refractivity contribution in [1.82, 2.24) is 20.2 Å². The molecule has 2 heterocycles. The van der Waals surface area contributed by atoms with Gasteiger partial charge in [-0.3, -0.25) is 14.6 Å². The van der Waals surface area contributed by atoms with E-state index in [2.05, 4.69) is 52.6 Å². The highest BCUT2D eigenvalue weighted by Gasteiger charge is 2.27. The fourth-order valence-corrected chi connectivity index (χ4v) is 5.75. The zero-order chi connectivity index (χ0) is 28.3. The van der Waals surface area contributed by atoms with Crippen LogP contribution in [-0.2, 0) is 6.54 Å². The number of rotatable bonds is 8. The van der Waals surface area contributed by atoms with Gasteiger partial charge in [0.15, 0.2) is 0 Å². The Kier molecular flexibility index (Phi) is 8.90. The number of pyridine rings is 2. The average Bonchev–Trinajstić information content (AvgIpc) is 2.89. The third-order valence-electron chi connectivity index (χ3n) is 8.38. The Morgan fingerprint density at radius 2 is 1.77 bits per heavy atom. The molecule has 39 heavy (non-hydrogen) atoms. The Morgan fingerprint density at radius 1 is 1.05 bits per heavy atom. The molecular weight excluding hydrogens is 486 g/mol. The number of aromatic nitrogens is 2. The summed E-state index contributed by atoms with van der Waals surface area (Å²) in [4.78, 5) is 35.7. The molecule has 3 N–H and O–H groups in total. The summed E-state index contributed by atoms with van der Waals surface area (Å²) >= 11 is 0. The van der Waals surface area contributed by atoms with Crippen LogP contribution >= 0.6 is 0 Å². The van der Waals surface area contributed by atoms with Crippen LogP contribution in [0.2, 0.25) is 0 Å². The summed E-state index contributed by atoms with van der Waals surface area (Å²) in [6.07, 6.45) is 6.66. The molecule has 1 fully saturated rings. The van der Waals surface area contributed by atoms with Crippen molar-refractivity contribution >= 4 is 11.6 Å². The standard InChI is InChI=1S/C32H43N5O2/c1-19-14-21(3)35-32(39)29(19)18-34-31(38)28-15-26(25-9-8-20(2)33-17-25)16-30(22(28)4)36-23(5)24-10-12-27(13-11-24)37(6)7/h8-9,14-17,23-24,27,36H,10-13,18H2,1-7H3,(H,34,38)(H,35,39). The van der Waals surface area contributed by atoms with Crippen molar-refractivity contribution in [3.63, 3.8) is 0 Å². The molecule has 1 aliphatic carbocycles. The quantitative estimate of drug-likeness (QED) is 0.357. The van der Waals surface area contributed by atoms with Gasteiger partial charge in [-0.1, -0.05) is 6.07 Å². The maximum Gasteiger partial charge on any atom is 0.253 e. The molecule has 1 unspecified atom stereocenters. The van der Waals surface area contributed by atoms with E-state index < -0.39 is 0 Å². The number of carbonyl (C=O) groups excluding carboxylic acids is 1. The van der Waals surface area contributed by atoms with Gasteiger partial charge in [0.1, 0.15) is 0 Å². The minimum atomic E-state index is -0.198. The molecule has 0 bridgehead atoms. The van der Waals surface area contributed by atoms with Crippen LogP contribution in [0.25, 0.3) is 11.1 Å². The summed E-state index contributed by atoms with van der Waals surface area (Å²) in [5.41, 5.74) is 7.40. The molecule has 7 heteroatoms. The Labute approximate surface area is 232 Å². The predicted molar refractivity (Wildman–Crippen MR) is 159 cm³/mol. The second-order valence-corrected chi connectivity index (χ2v) is 11.5. The fourth-order valence-electron chi connectivity index (χ4n) is 5.75. The molecule has 1 aliphatic rings. The van der Waals surface area contributed by atoms with E-state index >= 15 is 0 Å². The van der Waals surface area contributed by atoms with Crippen molar-refractivity contribution in [1.29, 1.82) is 0 Å². The molecule has 2 aromatic heterocycles. The monoisotopic (exact) mass is 529 g/mol. The van der Waals surface area contributed by atoms with E-state index in [1.807, 2.05) is 58.2 Å². The SMILES string of the molecule is Cc1ccc(-c2cc(NC(C)C3CCC(N(C)C)CC3)c(C)c(C(=O)NCc3c(C)cc(C)[nH]c3=O)c2)cn1. The molecule has 3 aromatic rings. The van der Waals surface area contributed by atoms with Gasteiger partial charge in [-0.05, 0) is 121 Å². The van der Waals surface area contributed by atoms with Crippen molar-refractivity contribution in [2.75, 3.05) is 19.4 Å². The topological polar surface area (TPSA) is 90.1 Å². The predicted octanol–water partition coefficient (Wildman–Crippen LogP) is 5.52. The molecular formula is C32H43N5O2. The van der Waals surface area contributed by atoms with Gasteiger partial charge in [0.2, 0.25) is 0 Å². The molecule has 208 valence electrons. The van der Waals surface area contributed by atoms with Crippen molar-refractivity contribution < 1.29 is 4.79 Å². The first-order chi connectivity index (χ1) is 18.5. The van der Waals surface area contributed by atoms with E-state index in [-0.39, 0.29) is 24.1 Å². The fraction of sp³-hybridized carbons (Fsp3) is 0.469. The van der Waals surface area contributed by atoms with Gasteiger partial charge < -0.3 is 20.5 Å². The smallest absolute Gasteiger partial charge is 0.253 e. The zero-order valence-corrected chi connectivity index (χ0v) is 24.4. The molecule has 1 amide bonds. The van der Waals surface area contributed by atoms with Crippen LogP contribution in [0.5, 0.6) is 0 Å². The minimum absolute atomic E-state index is 0.163. The first-order valence-corrected chi connectivity index (χ1v) is 14.0. The summed E-state index contributed by atoms with van der Waals surface area (Å²) in [6.45, 7) is 10.1. The van der Waals surface area contributed by atoms with Crippen molar-refractivity contribution in [2.45, 2.75) is 78.9 Å². The molecule has 4 rings (SSSR count). The zero-order valence-electron chi connectivity index (χ0n) is 24.4. The van der Waals surface area contributed by atoms with Crippen molar-refractivity contribution in [3.05, 3.63) is 80.5 Å². The van der Waals surface area contributed by atoms with Crippen LogP contribution in [0.15, 0.2) is 41.3 Å². The minimum Gasteiger partial charge on any atom is -0.382 e. The number of aryl methyl sites for hydroxylation is 3. The highest BCUT2D eigenvalue weighted by atomic mass is 16.1. The summed E-state index contributed by atoms with van der Waals surface area (Å²) in [5, 5.41) is 6.77. The maximum absolute atomic E-state index is 13.5. The average molecular weight is 530 g/mol. The van der Waals surface area contributed by atoms with Crippen LogP contribution in [0.4, 0.5) is 5.69 Å². The van der Waals surface area contributed by atoms with Crippen LogP contribution in [-0.4, -0.2) is 47.0 Å². The number of hydrogen-bond donors (Lipinski definition) is 3. The van der Waals surface area contributed by atoms with Gasteiger partial charge in [0.25, 0.3) is 11.5 Å². The first kappa shape index (κ1) is 28.6. The van der Waals surface area contributed by atoms with Crippen LogP contribution < -0.4 is 16.2 Å². The number of benzene rings is 1. The van der Waals surface area contributed by atoms with E-state index in [1.165, 1.54) is 25.7 Å². The molecule has 0 saturated heterocycles. The van der Waals surface area contributed by atoms with Gasteiger partial charge in [-0.2, -0.15) is 0 Å². The number of anilines is 1. The van der Waals surface area contributed by atoms with Crippen LogP contribution in [0, 0.1) is 33.6 Å². The molecule has 0 spiro atoms. The van der Waals surface area contributed by atoms with E-state index in [0.29, 0.717) is 23.1 Å². The summed E-state index contributed by atoms with van der Waals surface area (Å²) in [5.74, 6) is 0.384. The van der Waals surface area contributed by atoms with Crippen molar-refractivity contribution in [3.8, 4) is 11.1 Å². The third-order valence-corrected chi connectivity index (χ3v) is 8.38. The normalized spacial score (nSPS) is 18.2. The third kappa shape index (κ3) is 6.77. The van der Waals surface area contributed by atoms with Crippen LogP contribution in [0.1, 0.15) is 71.0 Å². The Morgan fingerprint density at radius 3 is 2.38 bits per heavy atom. The van der Waals surface area contributed by atoms with Gasteiger partial charge in [0.05, 0.1) is 0 Å². The van der Waals surface area contributed by atoms with Gasteiger partial charge >= 0.3 is 0 Å². The van der Waals surface area contributed by atoms with E-state index in [0.717, 1.165) is 39.3 Å². The molecule has 0 radical (unpaired) electrons. The van der Waals surface area contributed by atoms with Gasteiger partial charge in [-0.15, -0.1) is 0 Å². The molecule has 7 nitrogen and oxygen atoms in total. The van der Waals surface area contributed by atoms with E-state index in [4.69, 9.17) is 0 Å². The number of H-pyrrole nitrogens is 1. The van der Waals surface area contributed by atoms with E-state index in [9.17, 15) is 9.59 Å². The second-order valence-electron chi connectivity index (χ2n) is 11.5. The second kappa shape index (κ2) is 12.2. The lowest BCUT2D eigenvalue weighted by atomic mass is 9.81. The highest BCUT2D eigenvalue weighted by Crippen LogP contribution is 2.33. The lowest BCUT2D eigenvalue weighted by Gasteiger charge is -2.36. The summed E-state index contributed by atoms with van der Waals surface area (Å²) in [7, 11) is 4.34. The van der Waals surface area contributed by atoms with Crippen molar-refractivity contribution in [2.24, 2.45) is 5.92 Å². The van der Waals surface area contributed by atoms with Crippen LogP contribution in [0.3, 0.4) is 0 Å². The van der Waals surface area contributed by atoms with Gasteiger partial charge in [-0.25, -0.2) is 0 Å². The van der Waals surface area contributed by atoms with E-state index in [1.54, 1.807) is 0 Å². The molecule has 0 aliphatic heterocycles. The summed E-state index contributed by atoms with van der Waals surface area (Å²) in [6, 6.07) is 11.0. The number of aromatic amines is 1. The summed E-state index contributed by atoms with van der Waals surface area (Å²) < 4.78 is 0. The lowest BCUT2D eigenvalue weighted by molar-refractivity contribution is 0.0950. The number of nitrogens with zero attached hydrogens (tertiary/aromatic N) is 2. The number of carbonyl (C=O) groups is 1. The Balaban J connectivity index is 1.61. The number of hydrogen-bond acceptors (Lipinski definition) is 5. The Hall–Kier alpha value is -3.45. The number of amides is 1. The lowest BCUT2D eigenvalue weighted by Crippen LogP contribution is -2.36.